The number of carbonyl (C=O) groups is 1. The van der Waals surface area contributed by atoms with Crippen molar-refractivity contribution in [1.82, 2.24) is 0 Å². The van der Waals surface area contributed by atoms with Crippen LogP contribution in [0.4, 0.5) is 4.39 Å². The molecule has 0 aromatic heterocycles. The maximum absolute atomic E-state index is 13.7. The second kappa shape index (κ2) is 5.07. The maximum Gasteiger partial charge on any atom is 0.336 e. The Labute approximate surface area is 95.9 Å². The van der Waals surface area contributed by atoms with E-state index in [4.69, 9.17) is 0 Å². The first-order valence-electron chi connectivity index (χ1n) is 4.23. The zero-order valence-corrected chi connectivity index (χ0v) is 9.75. The molecular weight excluding hydrogens is 263 g/mol. The zero-order valence-electron chi connectivity index (χ0n) is 8.17. The molecule has 0 N–H and O–H groups in total. The molecule has 2 nitrogen and oxygen atoms in total. The van der Waals surface area contributed by atoms with Crippen molar-refractivity contribution in [3.05, 3.63) is 46.5 Å². The van der Waals surface area contributed by atoms with Crippen LogP contribution in [-0.4, -0.2) is 13.1 Å². The standard InChI is InChI=1S/C11H10BrFO2/c1-7(11(14)15-2)10(13)8-3-5-9(12)6-4-8/h3-6,10H,1H2,2H3. The van der Waals surface area contributed by atoms with Gasteiger partial charge in [-0.3, -0.25) is 0 Å². The fraction of sp³-hybridized carbons (Fsp3) is 0.182. The monoisotopic (exact) mass is 272 g/mol. The molecule has 0 fully saturated rings. The van der Waals surface area contributed by atoms with Crippen LogP contribution in [0.15, 0.2) is 40.9 Å². The van der Waals surface area contributed by atoms with Crippen LogP contribution in [0.25, 0.3) is 0 Å². The second-order valence-corrected chi connectivity index (χ2v) is 3.85. The van der Waals surface area contributed by atoms with E-state index in [2.05, 4.69) is 27.2 Å². The number of esters is 1. The Bertz CT molecular complexity index is 373. The molecular formula is C11H10BrFO2. The second-order valence-electron chi connectivity index (χ2n) is 2.93. The van der Waals surface area contributed by atoms with Gasteiger partial charge in [-0.15, -0.1) is 0 Å². The largest absolute Gasteiger partial charge is 0.466 e. The van der Waals surface area contributed by atoms with E-state index in [1.54, 1.807) is 24.3 Å². The van der Waals surface area contributed by atoms with Gasteiger partial charge in [-0.2, -0.15) is 0 Å². The lowest BCUT2D eigenvalue weighted by Crippen LogP contribution is -2.09. The SMILES string of the molecule is C=C(C(=O)OC)C(F)c1ccc(Br)cc1. The highest BCUT2D eigenvalue weighted by Crippen LogP contribution is 2.26. The van der Waals surface area contributed by atoms with Crippen molar-refractivity contribution in [3.63, 3.8) is 0 Å². The van der Waals surface area contributed by atoms with Crippen molar-refractivity contribution in [2.45, 2.75) is 6.17 Å². The summed E-state index contributed by atoms with van der Waals surface area (Å²) in [7, 11) is 1.20. The van der Waals surface area contributed by atoms with E-state index in [1.165, 1.54) is 7.11 Å². The van der Waals surface area contributed by atoms with Crippen LogP contribution in [-0.2, 0) is 9.53 Å². The average Bonchev–Trinajstić information content (AvgIpc) is 2.27. The van der Waals surface area contributed by atoms with Crippen LogP contribution in [0.1, 0.15) is 11.7 Å². The van der Waals surface area contributed by atoms with E-state index in [-0.39, 0.29) is 5.57 Å². The van der Waals surface area contributed by atoms with Crippen LogP contribution >= 0.6 is 15.9 Å². The van der Waals surface area contributed by atoms with Gasteiger partial charge in [0.1, 0.15) is 0 Å². The molecule has 0 aliphatic rings. The minimum Gasteiger partial charge on any atom is -0.466 e. The number of benzene rings is 1. The summed E-state index contributed by atoms with van der Waals surface area (Å²) in [5.74, 6) is -0.731. The van der Waals surface area contributed by atoms with Gasteiger partial charge in [0.05, 0.1) is 12.7 Å². The molecule has 1 aromatic carbocycles. The number of rotatable bonds is 3. The third kappa shape index (κ3) is 2.89. The molecule has 0 saturated heterocycles. The molecule has 4 heteroatoms. The number of halogens is 2. The van der Waals surface area contributed by atoms with Crippen LogP contribution in [0.2, 0.25) is 0 Å². The lowest BCUT2D eigenvalue weighted by Gasteiger charge is -2.09. The van der Waals surface area contributed by atoms with Crippen LogP contribution in [0.5, 0.6) is 0 Å². The summed E-state index contributed by atoms with van der Waals surface area (Å²) in [5.41, 5.74) is 0.188. The van der Waals surface area contributed by atoms with Crippen LogP contribution < -0.4 is 0 Å². The molecule has 0 saturated carbocycles. The molecule has 0 bridgehead atoms. The van der Waals surface area contributed by atoms with Crippen molar-refractivity contribution in [3.8, 4) is 0 Å². The van der Waals surface area contributed by atoms with Crippen molar-refractivity contribution in [1.29, 1.82) is 0 Å². The Morgan fingerprint density at radius 2 is 2.00 bits per heavy atom. The van der Waals surface area contributed by atoms with Crippen molar-refractivity contribution < 1.29 is 13.9 Å². The number of hydrogen-bond acceptors (Lipinski definition) is 2. The maximum atomic E-state index is 13.7. The average molecular weight is 273 g/mol. The van der Waals surface area contributed by atoms with Crippen LogP contribution in [0.3, 0.4) is 0 Å². The third-order valence-electron chi connectivity index (χ3n) is 1.92. The van der Waals surface area contributed by atoms with Gasteiger partial charge in [0.15, 0.2) is 6.17 Å². The topological polar surface area (TPSA) is 26.3 Å². The van der Waals surface area contributed by atoms with E-state index in [0.29, 0.717) is 5.56 Å². The molecule has 15 heavy (non-hydrogen) atoms. The van der Waals surface area contributed by atoms with Crippen molar-refractivity contribution >= 4 is 21.9 Å². The Morgan fingerprint density at radius 1 is 1.47 bits per heavy atom. The minimum absolute atomic E-state index is 0.195. The zero-order chi connectivity index (χ0) is 11.4. The van der Waals surface area contributed by atoms with E-state index < -0.39 is 12.1 Å². The smallest absolute Gasteiger partial charge is 0.336 e. The molecule has 0 spiro atoms. The molecule has 1 aromatic rings. The van der Waals surface area contributed by atoms with E-state index in [9.17, 15) is 9.18 Å². The predicted molar refractivity (Wildman–Crippen MR) is 59.1 cm³/mol. The summed E-state index contributed by atoms with van der Waals surface area (Å²) >= 11 is 3.24. The molecule has 0 radical (unpaired) electrons. The summed E-state index contributed by atoms with van der Waals surface area (Å²) in [6.45, 7) is 3.36. The van der Waals surface area contributed by atoms with Gasteiger partial charge in [0.25, 0.3) is 0 Å². The van der Waals surface area contributed by atoms with Crippen molar-refractivity contribution in [2.24, 2.45) is 0 Å². The molecule has 80 valence electrons. The van der Waals surface area contributed by atoms with Gasteiger partial charge in [0.2, 0.25) is 0 Å². The van der Waals surface area contributed by atoms with Gasteiger partial charge in [-0.25, -0.2) is 9.18 Å². The third-order valence-corrected chi connectivity index (χ3v) is 2.44. The first-order chi connectivity index (χ1) is 7.06. The Balaban J connectivity index is 2.85. The van der Waals surface area contributed by atoms with Crippen molar-refractivity contribution in [2.75, 3.05) is 7.11 Å². The van der Waals surface area contributed by atoms with E-state index >= 15 is 0 Å². The number of alkyl halides is 1. The predicted octanol–water partition coefficient (Wildman–Crippen LogP) is 3.19. The summed E-state index contributed by atoms with van der Waals surface area (Å²) in [5, 5.41) is 0. The first kappa shape index (κ1) is 11.9. The normalized spacial score (nSPS) is 11.9. The number of methoxy groups -OCH3 is 1. The summed E-state index contributed by atoms with van der Waals surface area (Å²) in [4.78, 5) is 11.0. The van der Waals surface area contributed by atoms with Gasteiger partial charge < -0.3 is 4.74 Å². The Hall–Kier alpha value is -1.16. The summed E-state index contributed by atoms with van der Waals surface area (Å²) in [6, 6.07) is 6.57. The molecule has 0 aliphatic heterocycles. The van der Waals surface area contributed by atoms with E-state index in [1.807, 2.05) is 0 Å². The minimum atomic E-state index is -1.52. The molecule has 1 atom stereocenters. The Kier molecular flexibility index (Phi) is 4.03. The lowest BCUT2D eigenvalue weighted by atomic mass is 10.0. The summed E-state index contributed by atoms with van der Waals surface area (Å²) in [6.07, 6.45) is -1.52. The lowest BCUT2D eigenvalue weighted by molar-refractivity contribution is -0.136. The number of carbonyl (C=O) groups excluding carboxylic acids is 1. The van der Waals surface area contributed by atoms with Gasteiger partial charge in [-0.05, 0) is 17.7 Å². The molecule has 1 unspecified atom stereocenters. The molecule has 0 amide bonds. The van der Waals surface area contributed by atoms with E-state index in [0.717, 1.165) is 4.47 Å². The first-order valence-corrected chi connectivity index (χ1v) is 5.02. The fourth-order valence-corrected chi connectivity index (χ4v) is 1.33. The summed E-state index contributed by atoms with van der Waals surface area (Å²) < 4.78 is 18.9. The van der Waals surface area contributed by atoms with Gasteiger partial charge in [-0.1, -0.05) is 34.6 Å². The van der Waals surface area contributed by atoms with Gasteiger partial charge >= 0.3 is 5.97 Å². The Morgan fingerprint density at radius 3 is 2.47 bits per heavy atom. The number of ether oxygens (including phenoxy) is 1. The van der Waals surface area contributed by atoms with Crippen LogP contribution in [0, 0.1) is 0 Å². The highest BCUT2D eigenvalue weighted by Gasteiger charge is 2.20. The fourth-order valence-electron chi connectivity index (χ4n) is 1.07. The van der Waals surface area contributed by atoms with Gasteiger partial charge in [0, 0.05) is 4.47 Å². The number of hydrogen-bond donors (Lipinski definition) is 0. The highest BCUT2D eigenvalue weighted by molar-refractivity contribution is 9.10. The molecule has 0 aliphatic carbocycles. The quantitative estimate of drug-likeness (QED) is 0.624. The molecule has 0 heterocycles. The highest BCUT2D eigenvalue weighted by atomic mass is 79.9. The molecule has 1 rings (SSSR count).